The van der Waals surface area contributed by atoms with Crippen molar-refractivity contribution < 1.29 is 14.4 Å². The third kappa shape index (κ3) is 4.27. The van der Waals surface area contributed by atoms with E-state index < -0.39 is 6.04 Å². The molecule has 4 saturated carbocycles. The molecule has 5 fully saturated rings. The summed E-state index contributed by atoms with van der Waals surface area (Å²) in [4.78, 5) is 40.4. The first-order valence-electron chi connectivity index (χ1n) is 12.5. The Morgan fingerprint density at radius 2 is 1.73 bits per heavy atom. The summed E-state index contributed by atoms with van der Waals surface area (Å²) in [7, 11) is 0. The third-order valence-corrected chi connectivity index (χ3v) is 8.64. The minimum atomic E-state index is -0.607. The van der Waals surface area contributed by atoms with Crippen molar-refractivity contribution in [3.05, 3.63) is 23.2 Å². The van der Waals surface area contributed by atoms with E-state index in [2.05, 4.69) is 10.6 Å². The topological polar surface area (TPSA) is 78.5 Å². The standard InChI is InChI=1S/C26H34ClN3O3/c1-15(2)23(29-25(33)26-12-16-8-17(13-26)10-18(9-16)14-26)24(32)28-19-5-6-21(20(27)11-19)30-7-3-4-22(30)31/h5-6,11,15-18,23H,3-4,7-10,12-14H2,1-2H3,(H,28,32)(H,29,33). The molecule has 7 heteroatoms. The Balaban J connectivity index is 1.27. The van der Waals surface area contributed by atoms with Gasteiger partial charge in [-0.1, -0.05) is 25.4 Å². The number of nitrogens with one attached hydrogen (secondary N) is 2. The first-order chi connectivity index (χ1) is 15.7. The highest BCUT2D eigenvalue weighted by Crippen LogP contribution is 2.60. The van der Waals surface area contributed by atoms with Crippen LogP contribution in [0.15, 0.2) is 18.2 Å². The SMILES string of the molecule is CC(C)C(NC(=O)C12CC3CC(CC(C3)C1)C2)C(=O)Nc1ccc(N2CCCC2=O)c(Cl)c1. The Bertz CT molecular complexity index is 940. The molecular weight excluding hydrogens is 438 g/mol. The first-order valence-corrected chi connectivity index (χ1v) is 12.8. The van der Waals surface area contributed by atoms with Gasteiger partial charge in [0.25, 0.3) is 0 Å². The molecule has 178 valence electrons. The molecule has 1 atom stereocenters. The van der Waals surface area contributed by atoms with Crippen molar-refractivity contribution in [3.8, 4) is 0 Å². The van der Waals surface area contributed by atoms with Crippen LogP contribution < -0.4 is 15.5 Å². The maximum absolute atomic E-state index is 13.5. The van der Waals surface area contributed by atoms with E-state index in [1.807, 2.05) is 13.8 Å². The molecule has 0 spiro atoms. The van der Waals surface area contributed by atoms with Crippen molar-refractivity contribution in [3.63, 3.8) is 0 Å². The summed E-state index contributed by atoms with van der Waals surface area (Å²) >= 11 is 6.45. The Morgan fingerprint density at radius 1 is 1.09 bits per heavy atom. The van der Waals surface area contributed by atoms with Crippen LogP contribution in [0.4, 0.5) is 11.4 Å². The van der Waals surface area contributed by atoms with E-state index in [0.717, 1.165) is 25.7 Å². The van der Waals surface area contributed by atoms with Gasteiger partial charge in [0.1, 0.15) is 6.04 Å². The van der Waals surface area contributed by atoms with Crippen molar-refractivity contribution in [2.75, 3.05) is 16.8 Å². The van der Waals surface area contributed by atoms with Crippen molar-refractivity contribution >= 4 is 40.7 Å². The number of benzene rings is 1. The van der Waals surface area contributed by atoms with E-state index in [-0.39, 0.29) is 29.1 Å². The Morgan fingerprint density at radius 3 is 2.24 bits per heavy atom. The van der Waals surface area contributed by atoms with Crippen LogP contribution in [0.2, 0.25) is 5.02 Å². The van der Waals surface area contributed by atoms with Crippen LogP contribution in [-0.4, -0.2) is 30.3 Å². The maximum Gasteiger partial charge on any atom is 0.247 e. The number of halogens is 1. The fraction of sp³-hybridized carbons (Fsp3) is 0.654. The minimum Gasteiger partial charge on any atom is -0.344 e. The lowest BCUT2D eigenvalue weighted by Crippen LogP contribution is -2.57. The Labute approximate surface area is 200 Å². The van der Waals surface area contributed by atoms with Crippen LogP contribution in [0.25, 0.3) is 0 Å². The molecule has 6 rings (SSSR count). The molecule has 1 unspecified atom stereocenters. The quantitative estimate of drug-likeness (QED) is 0.627. The summed E-state index contributed by atoms with van der Waals surface area (Å²) < 4.78 is 0. The molecule has 33 heavy (non-hydrogen) atoms. The van der Waals surface area contributed by atoms with E-state index in [1.54, 1.807) is 23.1 Å². The molecule has 5 aliphatic rings. The molecule has 2 N–H and O–H groups in total. The van der Waals surface area contributed by atoms with Crippen molar-refractivity contribution in [2.24, 2.45) is 29.1 Å². The van der Waals surface area contributed by atoms with Gasteiger partial charge in [-0.3, -0.25) is 14.4 Å². The average Bonchev–Trinajstić information content (AvgIpc) is 3.16. The molecule has 1 aliphatic heterocycles. The zero-order valence-corrected chi connectivity index (χ0v) is 20.3. The third-order valence-electron chi connectivity index (χ3n) is 8.34. The number of nitrogens with zero attached hydrogens (tertiary/aromatic N) is 1. The molecule has 4 aliphatic carbocycles. The van der Waals surface area contributed by atoms with Gasteiger partial charge in [-0.25, -0.2) is 0 Å². The summed E-state index contributed by atoms with van der Waals surface area (Å²) in [5, 5.41) is 6.50. The van der Waals surface area contributed by atoms with Gasteiger partial charge in [-0.05, 0) is 86.8 Å². The van der Waals surface area contributed by atoms with Crippen LogP contribution in [0, 0.1) is 29.1 Å². The van der Waals surface area contributed by atoms with Crippen LogP contribution in [0.5, 0.6) is 0 Å². The van der Waals surface area contributed by atoms with E-state index >= 15 is 0 Å². The summed E-state index contributed by atoms with van der Waals surface area (Å²) in [6, 6.07) is 4.62. The van der Waals surface area contributed by atoms with Gasteiger partial charge >= 0.3 is 0 Å². The number of amides is 3. The summed E-state index contributed by atoms with van der Waals surface area (Å²) in [5.41, 5.74) is 0.956. The summed E-state index contributed by atoms with van der Waals surface area (Å²) in [6.07, 6.45) is 8.12. The van der Waals surface area contributed by atoms with Gasteiger partial charge < -0.3 is 15.5 Å². The van der Waals surface area contributed by atoms with Crippen molar-refractivity contribution in [2.45, 2.75) is 71.3 Å². The fourth-order valence-electron chi connectivity index (χ4n) is 7.14. The predicted octanol–water partition coefficient (Wildman–Crippen LogP) is 4.76. The van der Waals surface area contributed by atoms with E-state index in [9.17, 15) is 14.4 Å². The van der Waals surface area contributed by atoms with Crippen LogP contribution in [0.1, 0.15) is 65.2 Å². The number of hydrogen-bond acceptors (Lipinski definition) is 3. The molecule has 1 heterocycles. The molecule has 0 aromatic heterocycles. The summed E-state index contributed by atoms with van der Waals surface area (Å²) in [6.45, 7) is 4.58. The molecule has 3 amide bonds. The van der Waals surface area contributed by atoms with Crippen molar-refractivity contribution in [1.82, 2.24) is 5.32 Å². The largest absolute Gasteiger partial charge is 0.344 e. The second-order valence-electron chi connectivity index (χ2n) is 11.2. The van der Waals surface area contributed by atoms with Crippen LogP contribution in [-0.2, 0) is 14.4 Å². The average molecular weight is 472 g/mol. The van der Waals surface area contributed by atoms with Gasteiger partial charge in [-0.15, -0.1) is 0 Å². The van der Waals surface area contributed by atoms with Gasteiger partial charge in [0.05, 0.1) is 10.7 Å². The number of carbonyl (C=O) groups excluding carboxylic acids is 3. The first kappa shape index (κ1) is 22.7. The molecular formula is C26H34ClN3O3. The number of hydrogen-bond donors (Lipinski definition) is 2. The molecule has 6 nitrogen and oxygen atoms in total. The fourth-order valence-corrected chi connectivity index (χ4v) is 7.43. The summed E-state index contributed by atoms with van der Waals surface area (Å²) in [5.74, 6) is 1.89. The zero-order valence-electron chi connectivity index (χ0n) is 19.5. The normalized spacial score (nSPS) is 31.2. The smallest absolute Gasteiger partial charge is 0.247 e. The van der Waals surface area contributed by atoms with Gasteiger partial charge in [-0.2, -0.15) is 0 Å². The lowest BCUT2D eigenvalue weighted by Gasteiger charge is -2.55. The van der Waals surface area contributed by atoms with Crippen LogP contribution >= 0.6 is 11.6 Å². The molecule has 1 saturated heterocycles. The van der Waals surface area contributed by atoms with E-state index in [4.69, 9.17) is 11.6 Å². The molecule has 0 radical (unpaired) electrons. The van der Waals surface area contributed by atoms with Gasteiger partial charge in [0.2, 0.25) is 17.7 Å². The highest BCUT2D eigenvalue weighted by Gasteiger charge is 2.55. The monoisotopic (exact) mass is 471 g/mol. The molecule has 1 aromatic rings. The van der Waals surface area contributed by atoms with Crippen molar-refractivity contribution in [1.29, 1.82) is 0 Å². The predicted molar refractivity (Wildman–Crippen MR) is 129 cm³/mol. The van der Waals surface area contributed by atoms with E-state index in [0.29, 0.717) is 47.1 Å². The molecule has 1 aromatic carbocycles. The lowest BCUT2D eigenvalue weighted by atomic mass is 9.49. The number of carbonyl (C=O) groups is 3. The second-order valence-corrected chi connectivity index (χ2v) is 11.6. The number of anilines is 2. The molecule has 4 bridgehead atoms. The highest BCUT2D eigenvalue weighted by atomic mass is 35.5. The highest BCUT2D eigenvalue weighted by molar-refractivity contribution is 6.34. The van der Waals surface area contributed by atoms with E-state index in [1.165, 1.54) is 19.3 Å². The van der Waals surface area contributed by atoms with Gasteiger partial charge in [0, 0.05) is 24.1 Å². The lowest BCUT2D eigenvalue weighted by molar-refractivity contribution is -0.148. The zero-order chi connectivity index (χ0) is 23.3. The van der Waals surface area contributed by atoms with Gasteiger partial charge in [0.15, 0.2) is 0 Å². The Hall–Kier alpha value is -2.08. The second kappa shape index (κ2) is 8.61. The Kier molecular flexibility index (Phi) is 5.92. The number of rotatable bonds is 6. The maximum atomic E-state index is 13.5. The van der Waals surface area contributed by atoms with Crippen LogP contribution in [0.3, 0.4) is 0 Å². The minimum absolute atomic E-state index is 0.0418.